The average molecular weight is 1490 g/mol. The van der Waals surface area contributed by atoms with Gasteiger partial charge in [-0.25, -0.2) is 0 Å². The minimum atomic E-state index is -2.70. The highest BCUT2D eigenvalue weighted by molar-refractivity contribution is 7.20. The molecule has 0 spiro atoms. The zero-order valence-electron chi connectivity index (χ0n) is 62.7. The Hall–Kier alpha value is -14.4. The van der Waals surface area contributed by atoms with E-state index in [1.165, 1.54) is 157 Å². The molecule has 22 rings (SSSR count). The highest BCUT2D eigenvalue weighted by Crippen LogP contribution is 2.40. The molecule has 0 aliphatic rings. The zero-order valence-corrected chi connectivity index (χ0v) is 64.7. The first-order chi connectivity index (χ1) is 56.6. The van der Waals surface area contributed by atoms with Gasteiger partial charge in [0.15, 0.2) is 16.1 Å². The first-order valence-electron chi connectivity index (χ1n) is 39.4. The van der Waals surface area contributed by atoms with Crippen molar-refractivity contribution < 1.29 is 0 Å². The highest BCUT2D eigenvalue weighted by atomic mass is 28.3. The molecule has 4 aromatic heterocycles. The Kier molecular flexibility index (Phi) is 16.9. The maximum Gasteiger partial charge on any atom is 0.179 e. The number of fused-ring (bicyclic) bond motifs is 12. The van der Waals surface area contributed by atoms with E-state index in [9.17, 15) is 0 Å². The van der Waals surface area contributed by atoms with Gasteiger partial charge in [0.05, 0.1) is 44.1 Å². The van der Waals surface area contributed by atoms with Gasteiger partial charge in [0.25, 0.3) is 0 Å². The van der Waals surface area contributed by atoms with Gasteiger partial charge in [0, 0.05) is 65.8 Å². The van der Waals surface area contributed by atoms with Crippen LogP contribution >= 0.6 is 0 Å². The molecule has 0 fully saturated rings. The molecule has 4 heterocycles. The van der Waals surface area contributed by atoms with Gasteiger partial charge in [-0.05, 0) is 173 Å². The van der Waals surface area contributed by atoms with Crippen LogP contribution in [0.4, 0.5) is 0 Å². The SMILES string of the molecule is c1ccc([Si](c2ccccc2)(c2ccccc2)c2ccc(-n3c4ccccc4c4cc(-c5ccc(-n6c7ccccc7c7ccccc76)cc5)ccc43)cc2)cc1.c1ccc([Si](c2ccccc2)(c2ccccc2)c2cccc(-n3c4ccccc4c4cc(-c5ccc(-n6c7ccccc7c7ccccc76)cc5)ccc43)c2)cc1. The number of para-hydroxylation sites is 6. The summed E-state index contributed by atoms with van der Waals surface area (Å²) in [5.74, 6) is 0. The van der Waals surface area contributed by atoms with Gasteiger partial charge in [-0.2, -0.15) is 0 Å². The van der Waals surface area contributed by atoms with Crippen molar-refractivity contribution in [3.63, 3.8) is 0 Å². The van der Waals surface area contributed by atoms with Gasteiger partial charge in [0.1, 0.15) is 0 Å². The summed E-state index contributed by atoms with van der Waals surface area (Å²) in [5.41, 5.74) is 19.2. The van der Waals surface area contributed by atoms with Crippen LogP contribution in [0.15, 0.2) is 461 Å². The van der Waals surface area contributed by atoms with Crippen LogP contribution in [0, 0.1) is 0 Å². The second kappa shape index (κ2) is 28.5. The largest absolute Gasteiger partial charge is 0.309 e. The molecule has 0 saturated heterocycles. The van der Waals surface area contributed by atoms with E-state index in [4.69, 9.17) is 0 Å². The predicted octanol–water partition coefficient (Wildman–Crippen LogP) is 21.9. The third-order valence-electron chi connectivity index (χ3n) is 23.8. The van der Waals surface area contributed by atoms with Crippen molar-refractivity contribution >= 4 is 145 Å². The summed E-state index contributed by atoms with van der Waals surface area (Å²) in [6.45, 7) is 0. The molecule has 6 heteroatoms. The van der Waals surface area contributed by atoms with Crippen LogP contribution in [0.3, 0.4) is 0 Å². The zero-order chi connectivity index (χ0) is 75.5. The lowest BCUT2D eigenvalue weighted by Gasteiger charge is -2.34. The second-order valence-corrected chi connectivity index (χ2v) is 37.4. The van der Waals surface area contributed by atoms with Crippen LogP contribution < -0.4 is 41.5 Å². The summed E-state index contributed by atoms with van der Waals surface area (Å²) < 4.78 is 9.65. The molecule has 0 atom stereocenters. The number of rotatable bonds is 14. The molecule has 0 radical (unpaired) electrons. The molecule has 536 valence electrons. The fraction of sp³-hybridized carbons (Fsp3) is 0. The molecule has 0 N–H and O–H groups in total. The van der Waals surface area contributed by atoms with Crippen LogP contribution in [0.5, 0.6) is 0 Å². The Morgan fingerprint density at radius 2 is 0.333 bits per heavy atom. The minimum absolute atomic E-state index is 1.16. The molecule has 18 aromatic carbocycles. The topological polar surface area (TPSA) is 19.7 Å². The number of hydrogen-bond acceptors (Lipinski definition) is 0. The lowest BCUT2D eigenvalue weighted by atomic mass is 10.0. The van der Waals surface area contributed by atoms with E-state index < -0.39 is 16.1 Å². The van der Waals surface area contributed by atoms with Crippen LogP contribution in [0.1, 0.15) is 0 Å². The molecule has 22 aromatic rings. The Morgan fingerprint density at radius 1 is 0.123 bits per heavy atom. The van der Waals surface area contributed by atoms with Crippen molar-refractivity contribution in [3.05, 3.63) is 461 Å². The van der Waals surface area contributed by atoms with E-state index in [-0.39, 0.29) is 0 Å². The summed E-state index contributed by atoms with van der Waals surface area (Å²) in [7, 11) is -5.32. The molecule has 0 saturated carbocycles. The van der Waals surface area contributed by atoms with Crippen molar-refractivity contribution in [1.29, 1.82) is 0 Å². The quantitative estimate of drug-likeness (QED) is 0.0764. The molecule has 0 bridgehead atoms. The molecule has 114 heavy (non-hydrogen) atoms. The van der Waals surface area contributed by atoms with Gasteiger partial charge in [-0.15, -0.1) is 0 Å². The minimum Gasteiger partial charge on any atom is -0.309 e. The number of aromatic nitrogens is 4. The molecule has 0 unspecified atom stereocenters. The van der Waals surface area contributed by atoms with Gasteiger partial charge < -0.3 is 18.3 Å². The lowest BCUT2D eigenvalue weighted by Crippen LogP contribution is -2.74. The Bertz CT molecular complexity index is 7000. The highest BCUT2D eigenvalue weighted by Gasteiger charge is 2.43. The molecular formula is C108H76N4Si2. The lowest BCUT2D eigenvalue weighted by molar-refractivity contribution is 1.18. The molecule has 0 amide bonds. The van der Waals surface area contributed by atoms with E-state index in [0.717, 1.165) is 17.1 Å². The smallest absolute Gasteiger partial charge is 0.179 e. The Morgan fingerprint density at radius 3 is 0.632 bits per heavy atom. The van der Waals surface area contributed by atoms with E-state index in [1.807, 2.05) is 0 Å². The van der Waals surface area contributed by atoms with Crippen LogP contribution in [-0.2, 0) is 0 Å². The summed E-state index contributed by atoms with van der Waals surface area (Å²) >= 11 is 0. The third kappa shape index (κ3) is 11.2. The second-order valence-electron chi connectivity index (χ2n) is 29.8. The molecule has 0 aliphatic heterocycles. The van der Waals surface area contributed by atoms with Crippen molar-refractivity contribution in [2.24, 2.45) is 0 Å². The monoisotopic (exact) mass is 1480 g/mol. The van der Waals surface area contributed by atoms with E-state index in [2.05, 4.69) is 479 Å². The van der Waals surface area contributed by atoms with Crippen molar-refractivity contribution in [2.45, 2.75) is 0 Å². The van der Waals surface area contributed by atoms with Crippen LogP contribution in [-0.4, -0.2) is 34.4 Å². The predicted molar refractivity (Wildman–Crippen MR) is 488 cm³/mol. The van der Waals surface area contributed by atoms with E-state index in [0.29, 0.717) is 0 Å². The van der Waals surface area contributed by atoms with Crippen molar-refractivity contribution in [2.75, 3.05) is 0 Å². The molecular weight excluding hydrogens is 1410 g/mol. The fourth-order valence-corrected chi connectivity index (χ4v) is 28.3. The molecule has 0 aliphatic carbocycles. The van der Waals surface area contributed by atoms with Crippen LogP contribution in [0.25, 0.3) is 132 Å². The average Bonchev–Trinajstić information content (AvgIpc) is 1.32. The van der Waals surface area contributed by atoms with Crippen molar-refractivity contribution in [1.82, 2.24) is 18.3 Å². The summed E-state index contributed by atoms with van der Waals surface area (Å²) in [5, 5.41) is 21.1. The van der Waals surface area contributed by atoms with E-state index in [1.54, 1.807) is 0 Å². The number of hydrogen-bond donors (Lipinski definition) is 0. The first kappa shape index (κ1) is 67.7. The number of nitrogens with zero attached hydrogens (tertiary/aromatic N) is 4. The van der Waals surface area contributed by atoms with Crippen LogP contribution in [0.2, 0.25) is 0 Å². The number of benzene rings is 18. The maximum atomic E-state index is 2.46. The van der Waals surface area contributed by atoms with E-state index >= 15 is 0 Å². The Labute approximate surface area is 664 Å². The maximum absolute atomic E-state index is 2.70. The fourth-order valence-electron chi connectivity index (χ4n) is 18.7. The standard InChI is InChI=1S/2C54H38N2Si/c1-4-18-43(19-5-1)57(44-20-6-2-7-21-44,45-22-8-3-9-23-45)46-24-16-17-42(38-46)56-53-30-15-12-27-49(53)50-37-40(33-36-54(50)56)39-31-34-41(35-32-39)55-51-28-13-10-25-47(51)48-26-11-14-29-52(48)55;1-4-16-43(17-5-1)57(44-18-6-2-7-19-44,45-20-8-3-9-21-45)46-35-33-42(34-36-46)56-53-27-15-12-24-49(53)50-38-40(30-37-54(50)56)39-28-31-41(32-29-39)55-51-25-13-10-22-47(51)48-23-11-14-26-52(48)55/h2*1-38H. The molecule has 4 nitrogen and oxygen atoms in total. The third-order valence-corrected chi connectivity index (χ3v) is 33.3. The Balaban J connectivity index is 0.000000143. The van der Waals surface area contributed by atoms with Gasteiger partial charge in [0.2, 0.25) is 0 Å². The summed E-state index contributed by atoms with van der Waals surface area (Å²) in [4.78, 5) is 0. The van der Waals surface area contributed by atoms with Gasteiger partial charge in [-0.1, -0.05) is 352 Å². The summed E-state index contributed by atoms with van der Waals surface area (Å²) in [6.07, 6.45) is 0. The summed E-state index contributed by atoms with van der Waals surface area (Å²) in [6, 6.07) is 170. The van der Waals surface area contributed by atoms with Crippen molar-refractivity contribution in [3.8, 4) is 45.0 Å². The first-order valence-corrected chi connectivity index (χ1v) is 43.4. The van der Waals surface area contributed by atoms with Gasteiger partial charge >= 0.3 is 0 Å². The normalized spacial score (nSPS) is 11.9. The van der Waals surface area contributed by atoms with Gasteiger partial charge in [-0.3, -0.25) is 0 Å².